The van der Waals surface area contributed by atoms with Gasteiger partial charge in [-0.25, -0.2) is 4.98 Å². The van der Waals surface area contributed by atoms with Gasteiger partial charge in [0.15, 0.2) is 5.75 Å². The lowest BCUT2D eigenvalue weighted by molar-refractivity contribution is 0.352. The van der Waals surface area contributed by atoms with Crippen LogP contribution in [0.5, 0.6) is 5.75 Å². The van der Waals surface area contributed by atoms with Crippen molar-refractivity contribution in [1.82, 2.24) is 9.55 Å². The number of nitrogens with zero attached hydrogens (tertiary/aromatic N) is 2. The lowest BCUT2D eigenvalue weighted by Gasteiger charge is -1.97. The lowest BCUT2D eigenvalue weighted by Crippen LogP contribution is -1.89. The average Bonchev–Trinajstić information content (AvgIpc) is 2.38. The van der Waals surface area contributed by atoms with Crippen molar-refractivity contribution in [3.8, 4) is 5.75 Å². The molecule has 2 rings (SSSR count). The number of aryl methyl sites for hydroxylation is 3. The first-order chi connectivity index (χ1) is 6.11. The molecule has 0 saturated carbocycles. The minimum Gasteiger partial charge on any atom is -0.331 e. The largest absolute Gasteiger partial charge is 0.331 e. The van der Waals surface area contributed by atoms with E-state index in [0.717, 1.165) is 22.4 Å². The van der Waals surface area contributed by atoms with Gasteiger partial charge >= 0.3 is 0 Å². The van der Waals surface area contributed by atoms with E-state index in [2.05, 4.69) is 4.98 Å². The van der Waals surface area contributed by atoms with Crippen molar-refractivity contribution in [2.75, 3.05) is 0 Å². The highest BCUT2D eigenvalue weighted by Gasteiger charge is 2.09. The van der Waals surface area contributed by atoms with Crippen LogP contribution in [0.2, 0.25) is 0 Å². The van der Waals surface area contributed by atoms with Gasteiger partial charge in [-0.15, -0.1) is 0 Å². The Morgan fingerprint density at radius 2 is 2.00 bits per heavy atom. The van der Waals surface area contributed by atoms with E-state index in [-0.39, 0.29) is 5.75 Å². The van der Waals surface area contributed by atoms with Crippen LogP contribution in [0.15, 0.2) is 12.1 Å². The van der Waals surface area contributed by atoms with Crippen molar-refractivity contribution in [2.24, 2.45) is 7.05 Å². The highest BCUT2D eigenvalue weighted by atomic mass is 16.3. The van der Waals surface area contributed by atoms with Gasteiger partial charge < -0.3 is 4.57 Å². The molecule has 1 aromatic heterocycles. The molecule has 0 amide bonds. The maximum Gasteiger partial charge on any atom is 0.183 e. The maximum atomic E-state index is 11.3. The number of fused-ring (bicyclic) bond motifs is 1. The molecule has 3 heteroatoms. The van der Waals surface area contributed by atoms with E-state index >= 15 is 0 Å². The Morgan fingerprint density at radius 1 is 1.31 bits per heavy atom. The van der Waals surface area contributed by atoms with Crippen LogP contribution in [0.4, 0.5) is 0 Å². The molecule has 0 spiro atoms. The predicted octanol–water partition coefficient (Wildman–Crippen LogP) is 2.33. The summed E-state index contributed by atoms with van der Waals surface area (Å²) in [5, 5.41) is 11.3. The average molecular weight is 175 g/mol. The van der Waals surface area contributed by atoms with Crippen LogP contribution in [-0.2, 0) is 12.2 Å². The molecule has 67 valence electrons. The van der Waals surface area contributed by atoms with E-state index in [9.17, 15) is 5.11 Å². The molecule has 0 saturated heterocycles. The van der Waals surface area contributed by atoms with Crippen LogP contribution in [0.3, 0.4) is 0 Å². The van der Waals surface area contributed by atoms with Gasteiger partial charge in [-0.3, -0.25) is 5.11 Å². The molecule has 13 heavy (non-hydrogen) atoms. The van der Waals surface area contributed by atoms with Crippen LogP contribution in [0.25, 0.3) is 11.0 Å². The van der Waals surface area contributed by atoms with E-state index in [1.54, 1.807) is 6.07 Å². The SMILES string of the molecule is Cc1c([O])ccc2c1nc(C)n2C. The summed E-state index contributed by atoms with van der Waals surface area (Å²) in [6.07, 6.45) is 0. The molecular formula is C10H11N2O. The molecule has 0 N–H and O–H groups in total. The number of imidazole rings is 1. The molecule has 1 heterocycles. The quantitative estimate of drug-likeness (QED) is 0.605. The number of benzene rings is 1. The monoisotopic (exact) mass is 175 g/mol. The summed E-state index contributed by atoms with van der Waals surface area (Å²) < 4.78 is 1.99. The van der Waals surface area contributed by atoms with E-state index in [1.165, 1.54) is 0 Å². The second kappa shape index (κ2) is 2.49. The zero-order valence-corrected chi connectivity index (χ0v) is 7.96. The van der Waals surface area contributed by atoms with E-state index in [1.807, 2.05) is 31.5 Å². The summed E-state index contributed by atoms with van der Waals surface area (Å²) in [7, 11) is 1.95. The third-order valence-corrected chi connectivity index (χ3v) is 2.48. The van der Waals surface area contributed by atoms with Crippen molar-refractivity contribution >= 4 is 11.0 Å². The molecule has 0 aliphatic carbocycles. The van der Waals surface area contributed by atoms with Gasteiger partial charge in [-0.1, -0.05) is 0 Å². The van der Waals surface area contributed by atoms with Crippen LogP contribution >= 0.6 is 0 Å². The molecule has 0 bridgehead atoms. The molecule has 1 radical (unpaired) electrons. The van der Waals surface area contributed by atoms with Crippen molar-refractivity contribution in [3.05, 3.63) is 23.5 Å². The number of hydrogen-bond acceptors (Lipinski definition) is 1. The fourth-order valence-corrected chi connectivity index (χ4v) is 1.49. The molecule has 1 aromatic carbocycles. The van der Waals surface area contributed by atoms with Gasteiger partial charge in [0.25, 0.3) is 0 Å². The Labute approximate surface area is 76.6 Å². The topological polar surface area (TPSA) is 37.7 Å². The molecule has 3 nitrogen and oxygen atoms in total. The van der Waals surface area contributed by atoms with Crippen LogP contribution in [0.1, 0.15) is 11.4 Å². The summed E-state index contributed by atoms with van der Waals surface area (Å²) in [5.74, 6) is 0.995. The standard InChI is InChI=1S/C10H11N2O/c1-6-9(13)5-4-8-10(6)11-7(2)12(8)3/h4-5H,1-3H3. The predicted molar refractivity (Wildman–Crippen MR) is 50.3 cm³/mol. The van der Waals surface area contributed by atoms with Crippen molar-refractivity contribution < 1.29 is 5.11 Å². The summed E-state index contributed by atoms with van der Waals surface area (Å²) in [4.78, 5) is 4.34. The lowest BCUT2D eigenvalue weighted by atomic mass is 10.2. The van der Waals surface area contributed by atoms with Crippen LogP contribution in [-0.4, -0.2) is 9.55 Å². The van der Waals surface area contributed by atoms with E-state index < -0.39 is 0 Å². The fourth-order valence-electron chi connectivity index (χ4n) is 1.49. The highest BCUT2D eigenvalue weighted by Crippen LogP contribution is 2.25. The zero-order valence-electron chi connectivity index (χ0n) is 7.96. The number of aromatic nitrogens is 2. The van der Waals surface area contributed by atoms with Crippen molar-refractivity contribution in [3.63, 3.8) is 0 Å². The second-order valence-electron chi connectivity index (χ2n) is 3.27. The second-order valence-corrected chi connectivity index (χ2v) is 3.27. The first-order valence-corrected chi connectivity index (χ1v) is 4.21. The Hall–Kier alpha value is -1.51. The molecular weight excluding hydrogens is 164 g/mol. The molecule has 0 atom stereocenters. The van der Waals surface area contributed by atoms with Gasteiger partial charge in [-0.05, 0) is 26.0 Å². The highest BCUT2D eigenvalue weighted by molar-refractivity contribution is 5.81. The van der Waals surface area contributed by atoms with E-state index in [4.69, 9.17) is 0 Å². The smallest absolute Gasteiger partial charge is 0.183 e. The van der Waals surface area contributed by atoms with Crippen molar-refractivity contribution in [2.45, 2.75) is 13.8 Å². The number of hydrogen-bond donors (Lipinski definition) is 0. The summed E-state index contributed by atoms with van der Waals surface area (Å²) >= 11 is 0. The minimum absolute atomic E-state index is 0.0607. The van der Waals surface area contributed by atoms with E-state index in [0.29, 0.717) is 0 Å². The zero-order chi connectivity index (χ0) is 9.59. The normalized spacial score (nSPS) is 11.0. The Bertz CT molecular complexity index is 471. The van der Waals surface area contributed by atoms with Gasteiger partial charge in [-0.2, -0.15) is 0 Å². The van der Waals surface area contributed by atoms with Gasteiger partial charge in [0.1, 0.15) is 5.82 Å². The third kappa shape index (κ3) is 1.00. The molecule has 2 aromatic rings. The molecule has 0 aliphatic rings. The van der Waals surface area contributed by atoms with Crippen LogP contribution < -0.4 is 0 Å². The third-order valence-electron chi connectivity index (χ3n) is 2.48. The summed E-state index contributed by atoms with van der Waals surface area (Å²) in [5.41, 5.74) is 2.59. The van der Waals surface area contributed by atoms with Gasteiger partial charge in [0, 0.05) is 12.6 Å². The Balaban J connectivity index is 2.94. The first kappa shape index (κ1) is 8.10. The minimum atomic E-state index is 0.0607. The number of rotatable bonds is 0. The molecule has 0 aliphatic heterocycles. The molecule has 0 fully saturated rings. The molecule has 0 unspecified atom stereocenters. The Morgan fingerprint density at radius 3 is 2.69 bits per heavy atom. The first-order valence-electron chi connectivity index (χ1n) is 4.21. The fraction of sp³-hybridized carbons (Fsp3) is 0.300. The summed E-state index contributed by atoms with van der Waals surface area (Å²) in [6.45, 7) is 3.75. The maximum absolute atomic E-state index is 11.3. The van der Waals surface area contributed by atoms with Crippen molar-refractivity contribution in [1.29, 1.82) is 0 Å². The summed E-state index contributed by atoms with van der Waals surface area (Å²) in [6, 6.07) is 3.42. The van der Waals surface area contributed by atoms with Crippen LogP contribution in [0, 0.1) is 13.8 Å². The van der Waals surface area contributed by atoms with Gasteiger partial charge in [0.2, 0.25) is 0 Å². The Kier molecular flexibility index (Phi) is 1.55. The van der Waals surface area contributed by atoms with Gasteiger partial charge in [0.05, 0.1) is 11.0 Å².